The van der Waals surface area contributed by atoms with Gasteiger partial charge in [0.2, 0.25) is 0 Å². The number of Topliss-reactive ketones (excluding diaryl/α,β-unsaturated/α-hetero) is 1. The summed E-state index contributed by atoms with van der Waals surface area (Å²) < 4.78 is 35.5. The topological polar surface area (TPSA) is 20.3 Å². The van der Waals surface area contributed by atoms with Gasteiger partial charge in [0.15, 0.2) is 0 Å². The molecule has 0 bridgehead atoms. The molecule has 76 valence electrons. The number of hydrogen-bond acceptors (Lipinski definition) is 2. The summed E-state index contributed by atoms with van der Waals surface area (Å²) in [4.78, 5) is 12.1. The van der Waals surface area contributed by atoms with Gasteiger partial charge in [0.1, 0.15) is 5.78 Å². The summed E-state index contributed by atoms with van der Waals surface area (Å²) in [6.45, 7) is -1.09. The summed E-state index contributed by atoms with van der Waals surface area (Å²) in [5.41, 5.74) is 0. The van der Waals surface area contributed by atoms with Gasteiger partial charge in [-0.25, -0.2) is 0 Å². The summed E-state index contributed by atoms with van der Waals surface area (Å²) in [6.07, 6.45) is -2.52. The molecule has 0 radical (unpaired) electrons. The van der Waals surface area contributed by atoms with Gasteiger partial charge in [-0.2, -0.15) is 13.2 Å². The Morgan fingerprint density at radius 1 is 1.46 bits per heavy atom. The molecule has 0 amide bonds. The van der Waals surface area contributed by atoms with E-state index in [0.717, 1.165) is 17.7 Å². The van der Waals surface area contributed by atoms with Crippen LogP contribution in [0.4, 0.5) is 13.2 Å². The quantitative estimate of drug-likeness (QED) is 0.676. The van der Waals surface area contributed by atoms with Gasteiger partial charge in [-0.15, -0.1) is 0 Å². The third-order valence-electron chi connectivity index (χ3n) is 1.91. The summed E-state index contributed by atoms with van der Waals surface area (Å²) in [5, 5.41) is 0. The zero-order valence-electron chi connectivity index (χ0n) is 7.40. The highest BCUT2D eigenvalue weighted by molar-refractivity contribution is 5.84. The summed E-state index contributed by atoms with van der Waals surface area (Å²) >= 11 is 0. The molecule has 0 aromatic carbocycles. The van der Waals surface area contributed by atoms with Crippen molar-refractivity contribution in [3.05, 3.63) is 0 Å². The van der Waals surface area contributed by atoms with E-state index in [1.807, 2.05) is 0 Å². The minimum absolute atomic E-state index is 0.0377. The fourth-order valence-corrected chi connectivity index (χ4v) is 1.16. The molecular weight excluding hydrogens is 183 g/mol. The van der Waals surface area contributed by atoms with Crippen LogP contribution >= 0.6 is 0 Å². The first kappa shape index (κ1) is 10.5. The molecule has 0 aromatic rings. The third kappa shape index (κ3) is 4.26. The van der Waals surface area contributed by atoms with Crippen molar-refractivity contribution in [2.45, 2.75) is 19.0 Å². The molecular formula is C8H12F3NO. The zero-order valence-corrected chi connectivity index (χ0v) is 7.40. The smallest absolute Gasteiger partial charge is 0.298 e. The molecule has 1 aliphatic rings. The number of rotatable bonds is 4. The molecule has 0 saturated heterocycles. The second-order valence-corrected chi connectivity index (χ2v) is 3.53. The molecule has 0 N–H and O–H groups in total. The molecule has 2 nitrogen and oxygen atoms in total. The van der Waals surface area contributed by atoms with E-state index in [0.29, 0.717) is 0 Å². The van der Waals surface area contributed by atoms with Crippen LogP contribution < -0.4 is 0 Å². The number of likely N-dealkylation sites (N-methyl/N-ethyl adjacent to an activating group) is 1. The zero-order chi connectivity index (χ0) is 10.1. The van der Waals surface area contributed by atoms with Crippen LogP contribution in [0.25, 0.3) is 0 Å². The second kappa shape index (κ2) is 3.65. The summed E-state index contributed by atoms with van der Waals surface area (Å²) in [7, 11) is 1.31. The minimum atomic E-state index is -4.21. The van der Waals surface area contributed by atoms with Gasteiger partial charge in [0.05, 0.1) is 13.1 Å². The van der Waals surface area contributed by atoms with Crippen LogP contribution in [0.15, 0.2) is 0 Å². The molecule has 0 aliphatic heterocycles. The van der Waals surface area contributed by atoms with Crippen LogP contribution in [0.3, 0.4) is 0 Å². The van der Waals surface area contributed by atoms with Crippen LogP contribution in [0.1, 0.15) is 12.8 Å². The highest BCUT2D eigenvalue weighted by atomic mass is 19.4. The number of carbonyl (C=O) groups excluding carboxylic acids is 1. The van der Waals surface area contributed by atoms with Gasteiger partial charge in [-0.3, -0.25) is 9.69 Å². The fraction of sp³-hybridized carbons (Fsp3) is 0.875. The predicted molar refractivity (Wildman–Crippen MR) is 41.3 cm³/mol. The number of nitrogens with zero attached hydrogens (tertiary/aromatic N) is 1. The van der Waals surface area contributed by atoms with Gasteiger partial charge in [-0.1, -0.05) is 0 Å². The van der Waals surface area contributed by atoms with Gasteiger partial charge in [-0.05, 0) is 19.9 Å². The number of hydrogen-bond donors (Lipinski definition) is 0. The van der Waals surface area contributed by atoms with Gasteiger partial charge < -0.3 is 0 Å². The van der Waals surface area contributed by atoms with Crippen LogP contribution in [0.2, 0.25) is 0 Å². The monoisotopic (exact) mass is 195 g/mol. The lowest BCUT2D eigenvalue weighted by Gasteiger charge is -2.17. The Kier molecular flexibility index (Phi) is 2.95. The van der Waals surface area contributed by atoms with E-state index >= 15 is 0 Å². The maximum Gasteiger partial charge on any atom is 0.401 e. The highest BCUT2D eigenvalue weighted by Gasteiger charge is 2.33. The Labute approximate surface area is 74.7 Å². The van der Waals surface area contributed by atoms with Gasteiger partial charge in [0.25, 0.3) is 0 Å². The maximum atomic E-state index is 11.8. The van der Waals surface area contributed by atoms with E-state index in [1.165, 1.54) is 7.05 Å². The first-order valence-electron chi connectivity index (χ1n) is 4.16. The summed E-state index contributed by atoms with van der Waals surface area (Å²) in [6, 6.07) is 0. The van der Waals surface area contributed by atoms with E-state index in [-0.39, 0.29) is 18.2 Å². The molecule has 0 aromatic heterocycles. The fourth-order valence-electron chi connectivity index (χ4n) is 1.16. The van der Waals surface area contributed by atoms with Crippen molar-refractivity contribution < 1.29 is 18.0 Å². The van der Waals surface area contributed by atoms with Crippen LogP contribution in [0, 0.1) is 5.92 Å². The maximum absolute atomic E-state index is 11.8. The molecule has 0 unspecified atom stereocenters. The number of halogens is 3. The Balaban J connectivity index is 2.23. The first-order valence-corrected chi connectivity index (χ1v) is 4.16. The number of carbonyl (C=O) groups is 1. The third-order valence-corrected chi connectivity index (χ3v) is 1.91. The molecule has 1 saturated carbocycles. The van der Waals surface area contributed by atoms with Crippen molar-refractivity contribution in [1.82, 2.24) is 4.90 Å². The standard InChI is InChI=1S/C8H12F3NO/c1-12(5-8(9,10)11)4-7(13)6-2-3-6/h6H,2-5H2,1H3. The molecule has 0 spiro atoms. The average Bonchev–Trinajstić information content (AvgIpc) is 2.60. The molecule has 13 heavy (non-hydrogen) atoms. The Morgan fingerprint density at radius 3 is 2.38 bits per heavy atom. The first-order chi connectivity index (χ1) is 5.88. The van der Waals surface area contributed by atoms with E-state index in [2.05, 4.69) is 0 Å². The van der Waals surface area contributed by atoms with Crippen molar-refractivity contribution in [2.75, 3.05) is 20.1 Å². The second-order valence-electron chi connectivity index (χ2n) is 3.53. The van der Waals surface area contributed by atoms with Gasteiger partial charge in [0, 0.05) is 5.92 Å². The molecule has 1 aliphatic carbocycles. The van der Waals surface area contributed by atoms with E-state index in [4.69, 9.17) is 0 Å². The Morgan fingerprint density at radius 2 is 2.00 bits per heavy atom. The molecule has 1 rings (SSSR count). The highest BCUT2D eigenvalue weighted by Crippen LogP contribution is 2.30. The van der Waals surface area contributed by atoms with E-state index < -0.39 is 12.7 Å². The van der Waals surface area contributed by atoms with Crippen LogP contribution in [0.5, 0.6) is 0 Å². The van der Waals surface area contributed by atoms with Crippen molar-refractivity contribution in [3.8, 4) is 0 Å². The average molecular weight is 195 g/mol. The number of alkyl halides is 3. The Bertz CT molecular complexity index is 198. The SMILES string of the molecule is CN(CC(=O)C1CC1)CC(F)(F)F. The lowest BCUT2D eigenvalue weighted by Crippen LogP contribution is -2.35. The number of ketones is 1. The van der Waals surface area contributed by atoms with Crippen molar-refractivity contribution in [2.24, 2.45) is 5.92 Å². The minimum Gasteiger partial charge on any atom is -0.298 e. The molecule has 5 heteroatoms. The summed E-state index contributed by atoms with van der Waals surface area (Å²) in [5.74, 6) is -0.0255. The van der Waals surface area contributed by atoms with Crippen molar-refractivity contribution in [3.63, 3.8) is 0 Å². The van der Waals surface area contributed by atoms with Crippen molar-refractivity contribution in [1.29, 1.82) is 0 Å². The normalized spacial score (nSPS) is 17.9. The van der Waals surface area contributed by atoms with E-state index in [1.54, 1.807) is 0 Å². The Hall–Kier alpha value is -0.580. The van der Waals surface area contributed by atoms with E-state index in [9.17, 15) is 18.0 Å². The van der Waals surface area contributed by atoms with Crippen molar-refractivity contribution >= 4 is 5.78 Å². The van der Waals surface area contributed by atoms with Crippen LogP contribution in [-0.2, 0) is 4.79 Å². The predicted octanol–water partition coefficient (Wildman–Crippen LogP) is 1.46. The molecule has 0 atom stereocenters. The largest absolute Gasteiger partial charge is 0.401 e. The lowest BCUT2D eigenvalue weighted by molar-refractivity contribution is -0.145. The molecule has 1 fully saturated rings. The molecule has 0 heterocycles. The van der Waals surface area contributed by atoms with Crippen LogP contribution in [-0.4, -0.2) is 37.0 Å². The lowest BCUT2D eigenvalue weighted by atomic mass is 10.2. The van der Waals surface area contributed by atoms with Gasteiger partial charge >= 0.3 is 6.18 Å².